The first-order valence-corrected chi connectivity index (χ1v) is 11.0. The summed E-state index contributed by atoms with van der Waals surface area (Å²) in [6, 6.07) is 15.5. The SMILES string of the molecule is CCNC(=NCCc1ccc(S(C)(=O)=O)cc1)N(C)Cc1ccc(C)cc1.I. The Balaban J connectivity index is 0.00000392. The van der Waals surface area contributed by atoms with Gasteiger partial charge < -0.3 is 10.2 Å². The van der Waals surface area contributed by atoms with E-state index in [2.05, 4.69) is 48.3 Å². The summed E-state index contributed by atoms with van der Waals surface area (Å²) < 4.78 is 23.1. The van der Waals surface area contributed by atoms with Crippen molar-refractivity contribution in [3.63, 3.8) is 0 Å². The summed E-state index contributed by atoms with van der Waals surface area (Å²) in [5.41, 5.74) is 3.57. The Morgan fingerprint density at radius 1 is 1.04 bits per heavy atom. The number of nitrogens with one attached hydrogen (secondary N) is 1. The fraction of sp³-hybridized carbons (Fsp3) is 0.381. The fourth-order valence-electron chi connectivity index (χ4n) is 2.71. The molecule has 0 bridgehead atoms. The molecule has 0 saturated carbocycles. The fourth-order valence-corrected chi connectivity index (χ4v) is 3.34. The highest BCUT2D eigenvalue weighted by Gasteiger charge is 2.08. The number of aryl methyl sites for hydroxylation is 1. The minimum absolute atomic E-state index is 0. The third-order valence-corrected chi connectivity index (χ3v) is 5.38. The Morgan fingerprint density at radius 3 is 2.14 bits per heavy atom. The van der Waals surface area contributed by atoms with Gasteiger partial charge in [-0.25, -0.2) is 8.42 Å². The molecular formula is C21H30IN3O2S. The van der Waals surface area contributed by atoms with Crippen molar-refractivity contribution >= 4 is 39.8 Å². The number of nitrogens with zero attached hydrogens (tertiary/aromatic N) is 2. The first kappa shape index (κ1) is 24.4. The van der Waals surface area contributed by atoms with Crippen molar-refractivity contribution < 1.29 is 8.42 Å². The van der Waals surface area contributed by atoms with Crippen LogP contribution in [0.4, 0.5) is 0 Å². The summed E-state index contributed by atoms with van der Waals surface area (Å²) in [6.07, 6.45) is 1.98. The van der Waals surface area contributed by atoms with Gasteiger partial charge in [0.1, 0.15) is 0 Å². The van der Waals surface area contributed by atoms with Crippen molar-refractivity contribution in [2.24, 2.45) is 4.99 Å². The second-order valence-corrected chi connectivity index (χ2v) is 8.76. The molecule has 0 heterocycles. The van der Waals surface area contributed by atoms with E-state index in [-0.39, 0.29) is 24.0 Å². The van der Waals surface area contributed by atoms with Crippen molar-refractivity contribution in [2.75, 3.05) is 26.4 Å². The third-order valence-electron chi connectivity index (χ3n) is 4.25. The summed E-state index contributed by atoms with van der Waals surface area (Å²) in [5.74, 6) is 0.867. The molecule has 0 unspecified atom stereocenters. The summed E-state index contributed by atoms with van der Waals surface area (Å²) in [4.78, 5) is 7.17. The zero-order valence-electron chi connectivity index (χ0n) is 17.0. The van der Waals surface area contributed by atoms with Crippen LogP contribution in [0.2, 0.25) is 0 Å². The maximum atomic E-state index is 11.5. The van der Waals surface area contributed by atoms with Crippen LogP contribution in [0.1, 0.15) is 23.6 Å². The molecule has 0 saturated heterocycles. The Kier molecular flexibility index (Phi) is 9.95. The molecule has 0 radical (unpaired) electrons. The maximum Gasteiger partial charge on any atom is 0.193 e. The van der Waals surface area contributed by atoms with Gasteiger partial charge in [0.2, 0.25) is 0 Å². The van der Waals surface area contributed by atoms with Crippen LogP contribution in [-0.4, -0.2) is 45.7 Å². The van der Waals surface area contributed by atoms with Gasteiger partial charge in [-0.1, -0.05) is 42.0 Å². The highest BCUT2D eigenvalue weighted by atomic mass is 127. The van der Waals surface area contributed by atoms with Crippen LogP contribution in [0.25, 0.3) is 0 Å². The number of hydrogen-bond acceptors (Lipinski definition) is 3. The van der Waals surface area contributed by atoms with Gasteiger partial charge in [-0.15, -0.1) is 24.0 Å². The molecule has 2 aromatic carbocycles. The number of benzene rings is 2. The second kappa shape index (κ2) is 11.4. The number of rotatable bonds is 7. The largest absolute Gasteiger partial charge is 0.357 e. The van der Waals surface area contributed by atoms with Crippen LogP contribution >= 0.6 is 24.0 Å². The van der Waals surface area contributed by atoms with E-state index in [0.29, 0.717) is 11.4 Å². The maximum absolute atomic E-state index is 11.5. The minimum atomic E-state index is -3.15. The van der Waals surface area contributed by atoms with E-state index in [0.717, 1.165) is 31.0 Å². The van der Waals surface area contributed by atoms with Crippen molar-refractivity contribution in [3.05, 3.63) is 65.2 Å². The zero-order valence-corrected chi connectivity index (χ0v) is 20.1. The van der Waals surface area contributed by atoms with Gasteiger partial charge in [0.15, 0.2) is 15.8 Å². The molecule has 0 spiro atoms. The zero-order chi connectivity index (χ0) is 19.9. The van der Waals surface area contributed by atoms with Crippen LogP contribution in [0.3, 0.4) is 0 Å². The smallest absolute Gasteiger partial charge is 0.193 e. The molecule has 1 N–H and O–H groups in total. The average molecular weight is 515 g/mol. The molecule has 2 rings (SSSR count). The van der Waals surface area contributed by atoms with Crippen molar-refractivity contribution in [1.29, 1.82) is 0 Å². The van der Waals surface area contributed by atoms with Crippen molar-refractivity contribution in [3.8, 4) is 0 Å². The van der Waals surface area contributed by atoms with E-state index >= 15 is 0 Å². The predicted molar refractivity (Wildman–Crippen MR) is 127 cm³/mol. The lowest BCUT2D eigenvalue weighted by molar-refractivity contribution is 0.477. The van der Waals surface area contributed by atoms with Crippen LogP contribution in [0, 0.1) is 6.92 Å². The molecule has 0 amide bonds. The number of hydrogen-bond donors (Lipinski definition) is 1. The van der Waals surface area contributed by atoms with Gasteiger partial charge in [-0.3, -0.25) is 4.99 Å². The van der Waals surface area contributed by atoms with Crippen LogP contribution < -0.4 is 5.32 Å². The third kappa shape index (κ3) is 7.79. The standard InChI is InChI=1S/C21H29N3O2S.HI/c1-5-22-21(24(3)16-19-8-6-17(2)7-9-19)23-15-14-18-10-12-20(13-11-18)27(4,25)26;/h6-13H,5,14-16H2,1-4H3,(H,22,23);1H. The van der Waals surface area contributed by atoms with Gasteiger partial charge in [-0.05, 0) is 43.5 Å². The molecule has 0 fully saturated rings. The summed E-state index contributed by atoms with van der Waals surface area (Å²) >= 11 is 0. The van der Waals surface area contributed by atoms with E-state index in [1.807, 2.05) is 19.2 Å². The molecule has 0 aliphatic heterocycles. The minimum Gasteiger partial charge on any atom is -0.357 e. The Morgan fingerprint density at radius 2 is 1.61 bits per heavy atom. The summed E-state index contributed by atoms with van der Waals surface area (Å²) in [7, 11) is -1.12. The van der Waals surface area contributed by atoms with E-state index in [1.54, 1.807) is 12.1 Å². The van der Waals surface area contributed by atoms with E-state index < -0.39 is 9.84 Å². The van der Waals surface area contributed by atoms with Crippen LogP contribution in [0.15, 0.2) is 58.4 Å². The number of sulfone groups is 1. The Bertz CT molecular complexity index is 864. The van der Waals surface area contributed by atoms with Gasteiger partial charge in [0.25, 0.3) is 0 Å². The quantitative estimate of drug-likeness (QED) is 0.348. The van der Waals surface area contributed by atoms with Gasteiger partial charge in [0, 0.05) is 32.9 Å². The topological polar surface area (TPSA) is 61.8 Å². The highest BCUT2D eigenvalue weighted by Crippen LogP contribution is 2.11. The second-order valence-electron chi connectivity index (χ2n) is 6.74. The summed E-state index contributed by atoms with van der Waals surface area (Å²) in [5, 5.41) is 3.33. The Labute approximate surface area is 186 Å². The van der Waals surface area contributed by atoms with E-state index in [1.165, 1.54) is 17.4 Å². The van der Waals surface area contributed by atoms with Gasteiger partial charge >= 0.3 is 0 Å². The first-order valence-electron chi connectivity index (χ1n) is 9.13. The lowest BCUT2D eigenvalue weighted by Crippen LogP contribution is -2.38. The van der Waals surface area contributed by atoms with Crippen LogP contribution in [0.5, 0.6) is 0 Å². The first-order chi connectivity index (χ1) is 12.8. The molecule has 28 heavy (non-hydrogen) atoms. The molecule has 154 valence electrons. The Hall–Kier alpha value is -1.61. The molecule has 5 nitrogen and oxygen atoms in total. The van der Waals surface area contributed by atoms with Crippen LogP contribution in [-0.2, 0) is 22.8 Å². The molecule has 2 aromatic rings. The normalized spacial score (nSPS) is 11.6. The van der Waals surface area contributed by atoms with E-state index in [4.69, 9.17) is 4.99 Å². The van der Waals surface area contributed by atoms with Gasteiger partial charge in [-0.2, -0.15) is 0 Å². The van der Waals surface area contributed by atoms with Crippen molar-refractivity contribution in [2.45, 2.75) is 31.7 Å². The monoisotopic (exact) mass is 515 g/mol. The molecule has 0 atom stereocenters. The summed E-state index contributed by atoms with van der Waals surface area (Å²) in [6.45, 7) is 6.37. The number of halogens is 1. The molecular weight excluding hydrogens is 485 g/mol. The predicted octanol–water partition coefficient (Wildman–Crippen LogP) is 3.66. The van der Waals surface area contributed by atoms with Gasteiger partial charge in [0.05, 0.1) is 4.90 Å². The average Bonchev–Trinajstić information content (AvgIpc) is 2.62. The molecule has 0 aliphatic rings. The lowest BCUT2D eigenvalue weighted by Gasteiger charge is -2.22. The number of guanidine groups is 1. The highest BCUT2D eigenvalue weighted by molar-refractivity contribution is 14.0. The lowest BCUT2D eigenvalue weighted by atomic mass is 10.1. The molecule has 0 aromatic heterocycles. The molecule has 0 aliphatic carbocycles. The number of aliphatic imine (C=N–C) groups is 1. The van der Waals surface area contributed by atoms with E-state index in [9.17, 15) is 8.42 Å². The molecule has 7 heteroatoms. The van der Waals surface area contributed by atoms with Crippen molar-refractivity contribution in [1.82, 2.24) is 10.2 Å².